The zero-order chi connectivity index (χ0) is 26.1. The minimum atomic E-state index is -4.07. The average molecular weight is 529 g/mol. The predicted octanol–water partition coefficient (Wildman–Crippen LogP) is 5.27. The molecule has 1 aliphatic heterocycles. The molecule has 0 aliphatic carbocycles. The number of benzene rings is 3. The van der Waals surface area contributed by atoms with Crippen LogP contribution in [0.25, 0.3) is 0 Å². The standard InChI is InChI=1S/C27H29ClN2O5S/c1-18-5-14-25-23(15-18)24(16-27(2,3)35-25)29-26(31)17-30(20-8-6-19(28)7-9-20)36(32,33)22-12-10-21(34-4)11-13-22/h5-15,24H,16-17H2,1-4H3,(H,29,31). The Morgan fingerprint density at radius 3 is 2.42 bits per heavy atom. The molecule has 9 heteroatoms. The molecule has 1 heterocycles. The molecule has 1 N–H and O–H groups in total. The summed E-state index contributed by atoms with van der Waals surface area (Å²) in [6.07, 6.45) is 0.543. The fourth-order valence-corrected chi connectivity index (χ4v) is 5.82. The molecule has 0 saturated heterocycles. The average Bonchev–Trinajstić information content (AvgIpc) is 2.83. The molecular weight excluding hydrogens is 500 g/mol. The SMILES string of the molecule is COc1ccc(S(=O)(=O)N(CC(=O)NC2CC(C)(C)Oc3ccc(C)cc32)c2ccc(Cl)cc2)cc1. The van der Waals surface area contributed by atoms with E-state index in [-0.39, 0.29) is 10.9 Å². The van der Waals surface area contributed by atoms with Crippen molar-refractivity contribution in [3.63, 3.8) is 0 Å². The lowest BCUT2D eigenvalue weighted by molar-refractivity contribution is -0.120. The van der Waals surface area contributed by atoms with E-state index in [1.165, 1.54) is 19.2 Å². The fourth-order valence-electron chi connectivity index (χ4n) is 4.27. The van der Waals surface area contributed by atoms with Crippen molar-refractivity contribution in [1.82, 2.24) is 5.32 Å². The summed E-state index contributed by atoms with van der Waals surface area (Å²) in [5.74, 6) is 0.806. The van der Waals surface area contributed by atoms with Crippen LogP contribution in [0, 0.1) is 6.92 Å². The zero-order valence-electron chi connectivity index (χ0n) is 20.6. The number of hydrogen-bond donors (Lipinski definition) is 1. The molecule has 36 heavy (non-hydrogen) atoms. The molecule has 190 valence electrons. The van der Waals surface area contributed by atoms with E-state index < -0.39 is 28.1 Å². The number of ether oxygens (including phenoxy) is 2. The first kappa shape index (κ1) is 25.9. The van der Waals surface area contributed by atoms with E-state index in [9.17, 15) is 13.2 Å². The first-order valence-corrected chi connectivity index (χ1v) is 13.3. The van der Waals surface area contributed by atoms with Gasteiger partial charge in [-0.3, -0.25) is 9.10 Å². The van der Waals surface area contributed by atoms with E-state index in [1.807, 2.05) is 39.0 Å². The lowest BCUT2D eigenvalue weighted by Gasteiger charge is -2.38. The van der Waals surface area contributed by atoms with Gasteiger partial charge < -0.3 is 14.8 Å². The summed E-state index contributed by atoms with van der Waals surface area (Å²) in [5.41, 5.74) is 1.75. The van der Waals surface area contributed by atoms with E-state index in [2.05, 4.69) is 5.32 Å². The van der Waals surface area contributed by atoms with Crippen LogP contribution in [-0.2, 0) is 14.8 Å². The van der Waals surface area contributed by atoms with Crippen molar-refractivity contribution in [3.05, 3.63) is 82.9 Å². The van der Waals surface area contributed by atoms with Crippen LogP contribution >= 0.6 is 11.6 Å². The van der Waals surface area contributed by atoms with Gasteiger partial charge in [0.05, 0.1) is 23.7 Å². The van der Waals surface area contributed by atoms with Crippen molar-refractivity contribution >= 4 is 33.2 Å². The molecule has 4 rings (SSSR count). The third-order valence-electron chi connectivity index (χ3n) is 6.01. The first-order valence-electron chi connectivity index (χ1n) is 11.5. The molecule has 1 unspecified atom stereocenters. The summed E-state index contributed by atoms with van der Waals surface area (Å²) in [7, 11) is -2.56. The molecular formula is C27H29ClN2O5S. The molecule has 0 aromatic heterocycles. The molecule has 0 fully saturated rings. The third-order valence-corrected chi connectivity index (χ3v) is 8.05. The van der Waals surface area contributed by atoms with Crippen molar-refractivity contribution in [2.75, 3.05) is 18.0 Å². The number of halogens is 1. The number of carbonyl (C=O) groups is 1. The Labute approximate surface area is 217 Å². The molecule has 0 bridgehead atoms. The molecule has 0 spiro atoms. The van der Waals surface area contributed by atoms with E-state index in [0.29, 0.717) is 28.6 Å². The molecule has 1 aliphatic rings. The summed E-state index contributed by atoms with van der Waals surface area (Å²) in [6, 6.07) is 17.9. The number of aryl methyl sites for hydroxylation is 1. The van der Waals surface area contributed by atoms with Crippen LogP contribution in [0.1, 0.15) is 37.4 Å². The highest BCUT2D eigenvalue weighted by molar-refractivity contribution is 7.92. The van der Waals surface area contributed by atoms with Gasteiger partial charge in [-0.1, -0.05) is 29.3 Å². The highest BCUT2D eigenvalue weighted by atomic mass is 35.5. The van der Waals surface area contributed by atoms with Crippen LogP contribution in [0.2, 0.25) is 5.02 Å². The summed E-state index contributed by atoms with van der Waals surface area (Å²) in [4.78, 5) is 13.4. The van der Waals surface area contributed by atoms with Gasteiger partial charge in [-0.05, 0) is 75.4 Å². The quantitative estimate of drug-likeness (QED) is 0.451. The van der Waals surface area contributed by atoms with Gasteiger partial charge in [0.1, 0.15) is 23.6 Å². The first-order chi connectivity index (χ1) is 17.0. The number of methoxy groups -OCH3 is 1. The van der Waals surface area contributed by atoms with Crippen molar-refractivity contribution in [3.8, 4) is 11.5 Å². The van der Waals surface area contributed by atoms with Gasteiger partial charge in [0.15, 0.2) is 0 Å². The summed E-state index contributed by atoms with van der Waals surface area (Å²) < 4.78 is 39.6. The van der Waals surface area contributed by atoms with E-state index in [0.717, 1.165) is 15.4 Å². The third kappa shape index (κ3) is 5.60. The van der Waals surface area contributed by atoms with Gasteiger partial charge in [-0.15, -0.1) is 0 Å². The van der Waals surface area contributed by atoms with Crippen molar-refractivity contribution in [2.24, 2.45) is 0 Å². The van der Waals surface area contributed by atoms with Gasteiger partial charge in [0.25, 0.3) is 10.0 Å². The van der Waals surface area contributed by atoms with Gasteiger partial charge >= 0.3 is 0 Å². The second-order valence-corrected chi connectivity index (χ2v) is 11.7. The van der Waals surface area contributed by atoms with Crippen molar-refractivity contribution in [2.45, 2.75) is 43.7 Å². The molecule has 0 saturated carbocycles. The van der Waals surface area contributed by atoms with Gasteiger partial charge in [-0.25, -0.2) is 8.42 Å². The Bertz CT molecular complexity index is 1360. The van der Waals surface area contributed by atoms with Crippen molar-refractivity contribution < 1.29 is 22.7 Å². The number of fused-ring (bicyclic) bond motifs is 1. The Morgan fingerprint density at radius 1 is 1.11 bits per heavy atom. The van der Waals surface area contributed by atoms with Crippen LogP contribution < -0.4 is 19.1 Å². The fraction of sp³-hybridized carbons (Fsp3) is 0.296. The lowest BCUT2D eigenvalue weighted by Crippen LogP contribution is -2.45. The Morgan fingerprint density at radius 2 is 1.78 bits per heavy atom. The number of nitrogens with zero attached hydrogens (tertiary/aromatic N) is 1. The van der Waals surface area contributed by atoms with E-state index >= 15 is 0 Å². The maximum absolute atomic E-state index is 13.6. The molecule has 1 atom stereocenters. The van der Waals surface area contributed by atoms with Gasteiger partial charge in [-0.2, -0.15) is 0 Å². The van der Waals surface area contributed by atoms with Crippen LogP contribution in [0.5, 0.6) is 11.5 Å². The normalized spacial score (nSPS) is 16.4. The minimum Gasteiger partial charge on any atom is -0.497 e. The Balaban J connectivity index is 1.65. The number of rotatable bonds is 7. The lowest BCUT2D eigenvalue weighted by atomic mass is 9.89. The monoisotopic (exact) mass is 528 g/mol. The Hall–Kier alpha value is -3.23. The minimum absolute atomic E-state index is 0.0409. The number of sulfonamides is 1. The van der Waals surface area contributed by atoms with E-state index in [4.69, 9.17) is 21.1 Å². The zero-order valence-corrected chi connectivity index (χ0v) is 22.2. The maximum atomic E-state index is 13.6. The molecule has 7 nitrogen and oxygen atoms in total. The summed E-state index contributed by atoms with van der Waals surface area (Å²) >= 11 is 6.03. The summed E-state index contributed by atoms with van der Waals surface area (Å²) in [6.45, 7) is 5.49. The number of amides is 1. The molecule has 1 amide bonds. The number of hydrogen-bond acceptors (Lipinski definition) is 5. The molecule has 3 aromatic rings. The number of anilines is 1. The largest absolute Gasteiger partial charge is 0.497 e. The van der Waals surface area contributed by atoms with Gasteiger partial charge in [0.2, 0.25) is 5.91 Å². The summed E-state index contributed by atoms with van der Waals surface area (Å²) in [5, 5.41) is 3.50. The molecule has 3 aromatic carbocycles. The van der Waals surface area contributed by atoms with Crippen LogP contribution in [0.4, 0.5) is 5.69 Å². The smallest absolute Gasteiger partial charge is 0.264 e. The van der Waals surface area contributed by atoms with E-state index in [1.54, 1.807) is 36.4 Å². The van der Waals surface area contributed by atoms with Crippen LogP contribution in [0.3, 0.4) is 0 Å². The second kappa shape index (κ2) is 10.0. The van der Waals surface area contributed by atoms with Crippen LogP contribution in [0.15, 0.2) is 71.6 Å². The maximum Gasteiger partial charge on any atom is 0.264 e. The highest BCUT2D eigenvalue weighted by Crippen LogP contribution is 2.40. The second-order valence-electron chi connectivity index (χ2n) is 9.39. The van der Waals surface area contributed by atoms with Crippen molar-refractivity contribution in [1.29, 1.82) is 0 Å². The number of nitrogens with one attached hydrogen (secondary N) is 1. The van der Waals surface area contributed by atoms with Gasteiger partial charge in [0, 0.05) is 17.0 Å². The molecule has 0 radical (unpaired) electrons. The topological polar surface area (TPSA) is 84.9 Å². The number of carbonyl (C=O) groups excluding carboxylic acids is 1. The Kier molecular flexibility index (Phi) is 7.20. The van der Waals surface area contributed by atoms with Crippen LogP contribution in [-0.4, -0.2) is 33.6 Å². The predicted molar refractivity (Wildman–Crippen MR) is 140 cm³/mol. The highest BCUT2D eigenvalue weighted by Gasteiger charge is 2.35.